The zero-order valence-electron chi connectivity index (χ0n) is 14.0. The van der Waals surface area contributed by atoms with Gasteiger partial charge in [0.25, 0.3) is 0 Å². The first-order chi connectivity index (χ1) is 10.3. The summed E-state index contributed by atoms with van der Waals surface area (Å²) in [6.07, 6.45) is 0. The van der Waals surface area contributed by atoms with Crippen molar-refractivity contribution in [1.29, 1.82) is 0 Å². The van der Waals surface area contributed by atoms with Gasteiger partial charge in [0.15, 0.2) is 0 Å². The Hall–Kier alpha value is -1.94. The summed E-state index contributed by atoms with van der Waals surface area (Å²) in [5.41, 5.74) is 1.68. The van der Waals surface area contributed by atoms with E-state index < -0.39 is 8.32 Å². The summed E-state index contributed by atoms with van der Waals surface area (Å²) in [5.74, 6) is 0.908. The molecule has 0 aromatic heterocycles. The van der Waals surface area contributed by atoms with E-state index in [-0.39, 0.29) is 5.04 Å². The smallest absolute Gasteiger partial charge is 0.250 e. The molecule has 0 saturated carbocycles. The highest BCUT2D eigenvalue weighted by Crippen LogP contribution is 2.37. The first-order valence-electron chi connectivity index (χ1n) is 7.54. The van der Waals surface area contributed by atoms with E-state index in [1.807, 2.05) is 54.6 Å². The maximum atomic E-state index is 6.25. The Morgan fingerprint density at radius 3 is 1.77 bits per heavy atom. The van der Waals surface area contributed by atoms with Crippen LogP contribution >= 0.6 is 0 Å². The van der Waals surface area contributed by atoms with Crippen LogP contribution in [0.1, 0.15) is 20.8 Å². The first-order valence-corrected chi connectivity index (χ1v) is 10.4. The Bertz CT molecular complexity index is 628. The van der Waals surface area contributed by atoms with Crippen molar-refractivity contribution < 1.29 is 4.43 Å². The summed E-state index contributed by atoms with van der Waals surface area (Å²) in [6.45, 7) is 11.2. The van der Waals surface area contributed by atoms with Crippen LogP contribution < -0.4 is 4.43 Å². The molecule has 0 bridgehead atoms. The number of rotatable bonds is 4. The summed E-state index contributed by atoms with van der Waals surface area (Å²) in [7, 11) is -1.79. The second-order valence-electron chi connectivity index (χ2n) is 6.89. The van der Waals surface area contributed by atoms with Crippen LogP contribution in [0.2, 0.25) is 18.1 Å². The fraction of sp³-hybridized carbons (Fsp3) is 0.333. The highest BCUT2D eigenvalue weighted by molar-refractivity contribution is 6.74. The number of hydrogen-bond acceptors (Lipinski definition) is 3. The molecule has 2 aromatic carbocycles. The maximum Gasteiger partial charge on any atom is 0.250 e. The molecule has 0 aliphatic heterocycles. The zero-order valence-corrected chi connectivity index (χ0v) is 15.0. The van der Waals surface area contributed by atoms with Gasteiger partial charge in [0.05, 0.1) is 11.4 Å². The lowest BCUT2D eigenvalue weighted by Gasteiger charge is -2.36. The summed E-state index contributed by atoms with van der Waals surface area (Å²) in [6, 6.07) is 17.5. The Kier molecular flexibility index (Phi) is 4.81. The molecule has 4 heteroatoms. The van der Waals surface area contributed by atoms with Gasteiger partial charge in [-0.3, -0.25) is 0 Å². The van der Waals surface area contributed by atoms with Crippen molar-refractivity contribution in [2.75, 3.05) is 0 Å². The second kappa shape index (κ2) is 6.44. The van der Waals surface area contributed by atoms with Crippen molar-refractivity contribution in [3.05, 3.63) is 54.6 Å². The van der Waals surface area contributed by atoms with Gasteiger partial charge in [-0.15, -0.1) is 0 Å². The molecule has 0 spiro atoms. The summed E-state index contributed by atoms with van der Waals surface area (Å²) in [5, 5.41) is 8.65. The third kappa shape index (κ3) is 4.27. The van der Waals surface area contributed by atoms with Crippen molar-refractivity contribution in [3.63, 3.8) is 0 Å². The average Bonchev–Trinajstić information content (AvgIpc) is 2.46. The molecule has 2 rings (SSSR count). The van der Waals surface area contributed by atoms with Crippen LogP contribution in [-0.2, 0) is 0 Å². The molecule has 0 aliphatic rings. The van der Waals surface area contributed by atoms with Gasteiger partial charge in [0.2, 0.25) is 8.32 Å². The third-order valence-corrected chi connectivity index (χ3v) is 8.41. The average molecular weight is 312 g/mol. The van der Waals surface area contributed by atoms with E-state index >= 15 is 0 Å². The van der Waals surface area contributed by atoms with Gasteiger partial charge in [-0.2, -0.15) is 10.2 Å². The molecule has 116 valence electrons. The lowest BCUT2D eigenvalue weighted by molar-refractivity contribution is 0.492. The van der Waals surface area contributed by atoms with Crippen LogP contribution in [-0.4, -0.2) is 8.32 Å². The van der Waals surface area contributed by atoms with E-state index in [4.69, 9.17) is 4.43 Å². The van der Waals surface area contributed by atoms with E-state index in [9.17, 15) is 0 Å². The molecule has 0 heterocycles. The Labute approximate surface area is 134 Å². The van der Waals surface area contributed by atoms with Gasteiger partial charge >= 0.3 is 0 Å². The molecule has 3 nitrogen and oxygen atoms in total. The summed E-state index contributed by atoms with van der Waals surface area (Å²) < 4.78 is 6.25. The van der Waals surface area contributed by atoms with Crippen LogP contribution in [0.4, 0.5) is 11.4 Å². The molecular weight excluding hydrogens is 288 g/mol. The lowest BCUT2D eigenvalue weighted by atomic mass is 10.2. The SMILES string of the molecule is CC(C)(C)[Si](C)(C)Oc1ccc(N=Nc2ccccc2)cc1. The van der Waals surface area contributed by atoms with Crippen LogP contribution in [0.25, 0.3) is 0 Å². The van der Waals surface area contributed by atoms with Crippen molar-refractivity contribution in [2.24, 2.45) is 10.2 Å². The predicted molar refractivity (Wildman–Crippen MR) is 94.9 cm³/mol. The highest BCUT2D eigenvalue weighted by Gasteiger charge is 2.38. The fourth-order valence-corrected chi connectivity index (χ4v) is 2.67. The number of benzene rings is 2. The van der Waals surface area contributed by atoms with Gasteiger partial charge in [-0.05, 0) is 54.5 Å². The fourth-order valence-electron chi connectivity index (χ4n) is 1.64. The van der Waals surface area contributed by atoms with Gasteiger partial charge in [-0.1, -0.05) is 39.0 Å². The van der Waals surface area contributed by atoms with E-state index in [2.05, 4.69) is 44.1 Å². The molecular formula is C18H24N2OSi. The van der Waals surface area contributed by atoms with Crippen molar-refractivity contribution in [1.82, 2.24) is 0 Å². The van der Waals surface area contributed by atoms with E-state index in [0.717, 1.165) is 17.1 Å². The molecule has 0 fully saturated rings. The molecule has 0 saturated heterocycles. The van der Waals surface area contributed by atoms with Crippen molar-refractivity contribution in [2.45, 2.75) is 38.9 Å². The Morgan fingerprint density at radius 2 is 1.27 bits per heavy atom. The molecule has 22 heavy (non-hydrogen) atoms. The summed E-state index contributed by atoms with van der Waals surface area (Å²) >= 11 is 0. The first kappa shape index (κ1) is 16.4. The van der Waals surface area contributed by atoms with Crippen LogP contribution in [0.3, 0.4) is 0 Å². The monoisotopic (exact) mass is 312 g/mol. The molecule has 0 atom stereocenters. The van der Waals surface area contributed by atoms with Gasteiger partial charge in [0, 0.05) is 0 Å². The minimum atomic E-state index is -1.79. The zero-order chi connectivity index (χ0) is 16.2. The molecule has 0 amide bonds. The van der Waals surface area contributed by atoms with Crippen molar-refractivity contribution >= 4 is 19.7 Å². The number of nitrogens with zero attached hydrogens (tertiary/aromatic N) is 2. The predicted octanol–water partition coefficient (Wildman–Crippen LogP) is 6.49. The van der Waals surface area contributed by atoms with Gasteiger partial charge < -0.3 is 4.43 Å². The Balaban J connectivity index is 2.06. The molecule has 2 aromatic rings. The minimum Gasteiger partial charge on any atom is -0.544 e. The Morgan fingerprint density at radius 1 is 0.773 bits per heavy atom. The lowest BCUT2D eigenvalue weighted by Crippen LogP contribution is -2.43. The number of azo groups is 1. The van der Waals surface area contributed by atoms with E-state index in [1.54, 1.807) is 0 Å². The molecule has 0 aliphatic carbocycles. The van der Waals surface area contributed by atoms with Gasteiger partial charge in [-0.25, -0.2) is 0 Å². The number of hydrogen-bond donors (Lipinski definition) is 0. The summed E-state index contributed by atoms with van der Waals surface area (Å²) in [4.78, 5) is 0. The standard InChI is InChI=1S/C18H24N2OSi/c1-18(2,3)22(4,5)21-17-13-11-16(12-14-17)20-19-15-9-7-6-8-10-15/h6-14H,1-5H3. The minimum absolute atomic E-state index is 0.193. The van der Waals surface area contributed by atoms with Crippen LogP contribution in [0.5, 0.6) is 5.75 Å². The highest BCUT2D eigenvalue weighted by atomic mass is 28.4. The molecule has 0 radical (unpaired) electrons. The van der Waals surface area contributed by atoms with Crippen molar-refractivity contribution in [3.8, 4) is 5.75 Å². The normalized spacial score (nSPS) is 12.6. The second-order valence-corrected chi connectivity index (χ2v) is 11.6. The van der Waals surface area contributed by atoms with E-state index in [0.29, 0.717) is 0 Å². The maximum absolute atomic E-state index is 6.25. The quantitative estimate of drug-likeness (QED) is 0.469. The molecule has 0 N–H and O–H groups in total. The van der Waals surface area contributed by atoms with Gasteiger partial charge in [0.1, 0.15) is 5.75 Å². The van der Waals surface area contributed by atoms with Crippen LogP contribution in [0, 0.1) is 0 Å². The van der Waals surface area contributed by atoms with Crippen LogP contribution in [0.15, 0.2) is 64.8 Å². The van der Waals surface area contributed by atoms with E-state index in [1.165, 1.54) is 0 Å². The largest absolute Gasteiger partial charge is 0.544 e. The topological polar surface area (TPSA) is 34.0 Å². The third-order valence-electron chi connectivity index (χ3n) is 4.05. The molecule has 0 unspecified atom stereocenters.